The molecular formula is C17H15FN2O2S. The van der Waals surface area contributed by atoms with Crippen molar-refractivity contribution in [1.82, 2.24) is 10.3 Å². The molecule has 3 aromatic rings. The predicted octanol–water partition coefficient (Wildman–Crippen LogP) is 3.35. The van der Waals surface area contributed by atoms with Crippen LogP contribution in [0.1, 0.15) is 22.0 Å². The van der Waals surface area contributed by atoms with E-state index in [1.807, 2.05) is 16.8 Å². The van der Waals surface area contributed by atoms with E-state index in [0.29, 0.717) is 11.1 Å². The molecule has 4 nitrogen and oxygen atoms in total. The Hall–Kier alpha value is -2.44. The quantitative estimate of drug-likeness (QED) is 0.672. The number of H-pyrrole nitrogens is 1. The zero-order valence-corrected chi connectivity index (χ0v) is 12.9. The van der Waals surface area contributed by atoms with Gasteiger partial charge in [0.1, 0.15) is 5.82 Å². The lowest BCUT2D eigenvalue weighted by Crippen LogP contribution is -2.28. The third-order valence-electron chi connectivity index (χ3n) is 3.53. The van der Waals surface area contributed by atoms with Crippen molar-refractivity contribution in [2.45, 2.75) is 6.10 Å². The number of nitrogens with one attached hydrogen (secondary N) is 2. The average molecular weight is 330 g/mol. The minimum absolute atomic E-state index is 0.129. The van der Waals surface area contributed by atoms with Crippen LogP contribution >= 0.6 is 11.3 Å². The molecule has 0 saturated carbocycles. The second kappa shape index (κ2) is 6.76. The number of benzene rings is 1. The molecule has 0 aliphatic rings. The maximum absolute atomic E-state index is 13.0. The maximum Gasteiger partial charge on any atom is 0.253 e. The SMILES string of the molecule is O=C(NC[C@H](O)c1ccsc1)c1c[nH]cc1-c1ccc(F)cc1. The summed E-state index contributed by atoms with van der Waals surface area (Å²) in [4.78, 5) is 15.2. The Bertz CT molecular complexity index is 781. The summed E-state index contributed by atoms with van der Waals surface area (Å²) in [6.07, 6.45) is 2.54. The molecule has 0 aliphatic heterocycles. The van der Waals surface area contributed by atoms with Crippen LogP contribution in [0.3, 0.4) is 0 Å². The van der Waals surface area contributed by atoms with Gasteiger partial charge in [-0.2, -0.15) is 11.3 Å². The van der Waals surface area contributed by atoms with E-state index in [1.165, 1.54) is 23.5 Å². The number of aliphatic hydroxyl groups is 1. The van der Waals surface area contributed by atoms with Gasteiger partial charge in [-0.25, -0.2) is 4.39 Å². The first kappa shape index (κ1) is 15.5. The first-order chi connectivity index (χ1) is 11.1. The molecule has 1 amide bonds. The number of hydrogen-bond acceptors (Lipinski definition) is 3. The lowest BCUT2D eigenvalue weighted by molar-refractivity contribution is 0.0917. The number of aliphatic hydroxyl groups excluding tert-OH is 1. The molecule has 6 heteroatoms. The van der Waals surface area contributed by atoms with Crippen LogP contribution in [0, 0.1) is 5.82 Å². The van der Waals surface area contributed by atoms with Crippen molar-refractivity contribution in [3.05, 3.63) is 70.4 Å². The molecular weight excluding hydrogens is 315 g/mol. The zero-order valence-electron chi connectivity index (χ0n) is 12.1. The lowest BCUT2D eigenvalue weighted by Gasteiger charge is -2.11. The van der Waals surface area contributed by atoms with Gasteiger partial charge in [0.2, 0.25) is 0 Å². The summed E-state index contributed by atoms with van der Waals surface area (Å²) < 4.78 is 13.0. The summed E-state index contributed by atoms with van der Waals surface area (Å²) in [5.74, 6) is -0.617. The lowest BCUT2D eigenvalue weighted by atomic mass is 10.0. The molecule has 118 valence electrons. The first-order valence-electron chi connectivity index (χ1n) is 7.06. The van der Waals surface area contributed by atoms with E-state index in [1.54, 1.807) is 24.5 Å². The largest absolute Gasteiger partial charge is 0.387 e. The van der Waals surface area contributed by atoms with Gasteiger partial charge < -0.3 is 15.4 Å². The minimum atomic E-state index is -0.738. The van der Waals surface area contributed by atoms with Crippen LogP contribution in [0.4, 0.5) is 4.39 Å². The molecule has 1 aromatic carbocycles. The van der Waals surface area contributed by atoms with Gasteiger partial charge >= 0.3 is 0 Å². The highest BCUT2D eigenvalue weighted by Gasteiger charge is 2.16. The van der Waals surface area contributed by atoms with Gasteiger partial charge in [0.05, 0.1) is 11.7 Å². The fourth-order valence-corrected chi connectivity index (χ4v) is 2.99. The number of amides is 1. The van der Waals surface area contributed by atoms with Crippen LogP contribution in [-0.4, -0.2) is 22.5 Å². The molecule has 2 heterocycles. The number of hydrogen-bond donors (Lipinski definition) is 3. The van der Waals surface area contributed by atoms with Crippen molar-refractivity contribution in [1.29, 1.82) is 0 Å². The molecule has 23 heavy (non-hydrogen) atoms. The summed E-state index contributed by atoms with van der Waals surface area (Å²) in [6, 6.07) is 7.77. The van der Waals surface area contributed by atoms with Gasteiger partial charge in [-0.15, -0.1) is 0 Å². The molecule has 0 unspecified atom stereocenters. The standard InChI is InChI=1S/C17H15FN2O2S/c18-13-3-1-11(2-4-13)14-7-19-8-15(14)17(22)20-9-16(21)12-5-6-23-10-12/h1-8,10,16,19,21H,9H2,(H,20,22)/t16-/m0/s1. The van der Waals surface area contributed by atoms with Crippen molar-refractivity contribution >= 4 is 17.2 Å². The number of halogens is 1. The van der Waals surface area contributed by atoms with Crippen molar-refractivity contribution in [3.8, 4) is 11.1 Å². The fraction of sp³-hybridized carbons (Fsp3) is 0.118. The van der Waals surface area contributed by atoms with Crippen molar-refractivity contribution in [2.24, 2.45) is 0 Å². The number of carbonyl (C=O) groups excluding carboxylic acids is 1. The van der Waals surface area contributed by atoms with Crippen LogP contribution in [0.25, 0.3) is 11.1 Å². The number of carbonyl (C=O) groups is 1. The van der Waals surface area contributed by atoms with Crippen molar-refractivity contribution in [2.75, 3.05) is 6.54 Å². The highest BCUT2D eigenvalue weighted by Crippen LogP contribution is 2.24. The van der Waals surface area contributed by atoms with Gasteiger partial charge in [0, 0.05) is 24.5 Å². The van der Waals surface area contributed by atoms with E-state index >= 15 is 0 Å². The van der Waals surface area contributed by atoms with Crippen molar-refractivity contribution < 1.29 is 14.3 Å². The van der Waals surface area contributed by atoms with Gasteiger partial charge in [0.15, 0.2) is 0 Å². The highest BCUT2D eigenvalue weighted by molar-refractivity contribution is 7.07. The summed E-state index contributed by atoms with van der Waals surface area (Å²) in [5.41, 5.74) is 2.67. The Morgan fingerprint density at radius 3 is 2.74 bits per heavy atom. The zero-order chi connectivity index (χ0) is 16.2. The molecule has 0 spiro atoms. The Labute approximate surface area is 136 Å². The molecule has 1 atom stereocenters. The molecule has 0 aliphatic carbocycles. The van der Waals surface area contributed by atoms with Gasteiger partial charge in [-0.1, -0.05) is 12.1 Å². The molecule has 0 bridgehead atoms. The molecule has 0 saturated heterocycles. The normalized spacial score (nSPS) is 12.1. The summed E-state index contributed by atoms with van der Waals surface area (Å²) >= 11 is 1.49. The minimum Gasteiger partial charge on any atom is -0.387 e. The van der Waals surface area contributed by atoms with E-state index < -0.39 is 6.10 Å². The van der Waals surface area contributed by atoms with Crippen LogP contribution in [0.15, 0.2) is 53.5 Å². The Morgan fingerprint density at radius 1 is 1.26 bits per heavy atom. The number of thiophene rings is 1. The van der Waals surface area contributed by atoms with E-state index in [-0.39, 0.29) is 18.3 Å². The second-order valence-corrected chi connectivity index (χ2v) is 5.85. The van der Waals surface area contributed by atoms with Crippen LogP contribution < -0.4 is 5.32 Å². The molecule has 3 N–H and O–H groups in total. The molecule has 0 fully saturated rings. The Balaban J connectivity index is 1.71. The molecule has 0 radical (unpaired) electrons. The number of rotatable bonds is 5. The summed E-state index contributed by atoms with van der Waals surface area (Å²) in [7, 11) is 0. The number of aromatic amines is 1. The van der Waals surface area contributed by atoms with Crippen LogP contribution in [-0.2, 0) is 0 Å². The third kappa shape index (κ3) is 3.49. The van der Waals surface area contributed by atoms with Crippen LogP contribution in [0.5, 0.6) is 0 Å². The van der Waals surface area contributed by atoms with E-state index in [4.69, 9.17) is 0 Å². The molecule has 2 aromatic heterocycles. The summed E-state index contributed by atoms with van der Waals surface area (Å²) in [5, 5.41) is 16.4. The Kier molecular flexibility index (Phi) is 4.55. The Morgan fingerprint density at radius 2 is 2.04 bits per heavy atom. The maximum atomic E-state index is 13.0. The van der Waals surface area contributed by atoms with Crippen molar-refractivity contribution in [3.63, 3.8) is 0 Å². The van der Waals surface area contributed by atoms with E-state index in [0.717, 1.165) is 11.1 Å². The van der Waals surface area contributed by atoms with E-state index in [9.17, 15) is 14.3 Å². The van der Waals surface area contributed by atoms with Gasteiger partial charge in [0.25, 0.3) is 5.91 Å². The van der Waals surface area contributed by atoms with Gasteiger partial charge in [-0.3, -0.25) is 4.79 Å². The topological polar surface area (TPSA) is 65.1 Å². The first-order valence-corrected chi connectivity index (χ1v) is 8.00. The molecule has 3 rings (SSSR count). The average Bonchev–Trinajstić information content (AvgIpc) is 3.24. The highest BCUT2D eigenvalue weighted by atomic mass is 32.1. The smallest absolute Gasteiger partial charge is 0.253 e. The predicted molar refractivity (Wildman–Crippen MR) is 87.8 cm³/mol. The van der Waals surface area contributed by atoms with Crippen LogP contribution in [0.2, 0.25) is 0 Å². The monoisotopic (exact) mass is 330 g/mol. The van der Waals surface area contributed by atoms with E-state index in [2.05, 4.69) is 10.3 Å². The summed E-state index contributed by atoms with van der Waals surface area (Å²) in [6.45, 7) is 0.129. The fourth-order valence-electron chi connectivity index (χ4n) is 2.29. The second-order valence-electron chi connectivity index (χ2n) is 5.07. The van der Waals surface area contributed by atoms with Gasteiger partial charge in [-0.05, 0) is 40.1 Å². The number of aromatic nitrogens is 1. The third-order valence-corrected chi connectivity index (χ3v) is 4.23.